The van der Waals surface area contributed by atoms with Crippen molar-refractivity contribution < 1.29 is 4.74 Å². The highest BCUT2D eigenvalue weighted by molar-refractivity contribution is 7.99. The summed E-state index contributed by atoms with van der Waals surface area (Å²) in [5, 5.41) is 4.39. The number of rotatable bonds is 5. The molecule has 0 bridgehead atoms. The van der Waals surface area contributed by atoms with Crippen molar-refractivity contribution in [3.8, 4) is 0 Å². The summed E-state index contributed by atoms with van der Waals surface area (Å²) in [5.74, 6) is 1.02. The van der Waals surface area contributed by atoms with Crippen LogP contribution < -0.4 is 5.32 Å². The number of thioether (sulfide) groups is 1. The first-order chi connectivity index (χ1) is 7.95. The summed E-state index contributed by atoms with van der Waals surface area (Å²) in [4.78, 5) is 8.33. The van der Waals surface area contributed by atoms with Crippen LogP contribution in [0.3, 0.4) is 0 Å². The highest BCUT2D eigenvalue weighted by Gasteiger charge is 2.12. The van der Waals surface area contributed by atoms with Crippen LogP contribution >= 0.6 is 11.8 Å². The lowest BCUT2D eigenvalue weighted by Crippen LogP contribution is -2.36. The van der Waals surface area contributed by atoms with Crippen LogP contribution in [0.15, 0.2) is 23.6 Å². The zero-order valence-electron chi connectivity index (χ0n) is 9.26. The summed E-state index contributed by atoms with van der Waals surface area (Å²) in [6, 6.07) is 2.47. The average molecular weight is 239 g/mol. The first kappa shape index (κ1) is 11.8. The van der Waals surface area contributed by atoms with E-state index in [0.717, 1.165) is 43.5 Å². The maximum absolute atomic E-state index is 5.31. The highest BCUT2D eigenvalue weighted by atomic mass is 32.2. The Balaban J connectivity index is 1.58. The first-order valence-corrected chi connectivity index (χ1v) is 6.64. The zero-order chi connectivity index (χ0) is 11.1. The molecule has 0 radical (unpaired) electrons. The molecule has 88 valence electrons. The SMILES string of the molecule is c1cnc(SCCNC2CCOCC2)nc1. The average Bonchev–Trinajstić information content (AvgIpc) is 2.37. The molecule has 4 nitrogen and oxygen atoms in total. The Hall–Kier alpha value is -0.650. The van der Waals surface area contributed by atoms with Gasteiger partial charge in [0.05, 0.1) is 0 Å². The second-order valence-corrected chi connectivity index (χ2v) is 4.78. The van der Waals surface area contributed by atoms with E-state index in [0.29, 0.717) is 6.04 Å². The van der Waals surface area contributed by atoms with Crippen molar-refractivity contribution >= 4 is 11.8 Å². The topological polar surface area (TPSA) is 47.0 Å². The molecule has 0 saturated carbocycles. The van der Waals surface area contributed by atoms with Crippen LogP contribution in [0.2, 0.25) is 0 Å². The van der Waals surface area contributed by atoms with Gasteiger partial charge in [-0.1, -0.05) is 11.8 Å². The molecule has 0 spiro atoms. The molecule has 1 fully saturated rings. The number of nitrogens with zero attached hydrogens (tertiary/aromatic N) is 2. The summed E-state index contributed by atoms with van der Waals surface area (Å²) in [6.45, 7) is 2.80. The second-order valence-electron chi connectivity index (χ2n) is 3.72. The minimum absolute atomic E-state index is 0.631. The van der Waals surface area contributed by atoms with Gasteiger partial charge in [0.15, 0.2) is 5.16 Å². The monoisotopic (exact) mass is 239 g/mol. The van der Waals surface area contributed by atoms with Crippen LogP contribution in [0.5, 0.6) is 0 Å². The zero-order valence-corrected chi connectivity index (χ0v) is 10.1. The minimum Gasteiger partial charge on any atom is -0.381 e. The quantitative estimate of drug-likeness (QED) is 0.477. The maximum Gasteiger partial charge on any atom is 0.187 e. The third-order valence-corrected chi connectivity index (χ3v) is 3.41. The van der Waals surface area contributed by atoms with Crippen molar-refractivity contribution in [2.45, 2.75) is 24.0 Å². The van der Waals surface area contributed by atoms with Crippen molar-refractivity contribution in [3.63, 3.8) is 0 Å². The van der Waals surface area contributed by atoms with Crippen LogP contribution in [0.25, 0.3) is 0 Å². The minimum atomic E-state index is 0.631. The highest BCUT2D eigenvalue weighted by Crippen LogP contribution is 2.10. The van der Waals surface area contributed by atoms with E-state index in [4.69, 9.17) is 4.74 Å². The van der Waals surface area contributed by atoms with Gasteiger partial charge in [0.1, 0.15) is 0 Å². The fourth-order valence-electron chi connectivity index (χ4n) is 1.67. The molecule has 2 rings (SSSR count). The summed E-state index contributed by atoms with van der Waals surface area (Å²) >= 11 is 1.69. The first-order valence-electron chi connectivity index (χ1n) is 5.66. The smallest absolute Gasteiger partial charge is 0.187 e. The Morgan fingerprint density at radius 1 is 1.31 bits per heavy atom. The van der Waals surface area contributed by atoms with E-state index < -0.39 is 0 Å². The summed E-state index contributed by atoms with van der Waals surface area (Å²) in [6.07, 6.45) is 5.82. The third kappa shape index (κ3) is 4.08. The molecule has 0 atom stereocenters. The van der Waals surface area contributed by atoms with Gasteiger partial charge in [-0.2, -0.15) is 0 Å². The van der Waals surface area contributed by atoms with Gasteiger partial charge in [0, 0.05) is 43.9 Å². The fraction of sp³-hybridized carbons (Fsp3) is 0.636. The number of hydrogen-bond acceptors (Lipinski definition) is 5. The summed E-state index contributed by atoms with van der Waals surface area (Å²) in [7, 11) is 0. The molecule has 2 heterocycles. The molecular weight excluding hydrogens is 222 g/mol. The van der Waals surface area contributed by atoms with Crippen LogP contribution in [0, 0.1) is 0 Å². The van der Waals surface area contributed by atoms with Crippen LogP contribution in [-0.4, -0.2) is 41.5 Å². The Bertz CT molecular complexity index is 291. The van der Waals surface area contributed by atoms with E-state index in [9.17, 15) is 0 Å². The van der Waals surface area contributed by atoms with Crippen molar-refractivity contribution in [1.29, 1.82) is 0 Å². The Morgan fingerprint density at radius 2 is 2.06 bits per heavy atom. The van der Waals surface area contributed by atoms with Gasteiger partial charge in [0.25, 0.3) is 0 Å². The molecule has 1 aromatic heterocycles. The van der Waals surface area contributed by atoms with E-state index in [2.05, 4.69) is 15.3 Å². The lowest BCUT2D eigenvalue weighted by molar-refractivity contribution is 0.0786. The van der Waals surface area contributed by atoms with Crippen LogP contribution in [0.1, 0.15) is 12.8 Å². The predicted molar refractivity (Wildman–Crippen MR) is 64.6 cm³/mol. The normalized spacial score (nSPS) is 17.5. The fourth-order valence-corrected chi connectivity index (χ4v) is 2.34. The molecule has 0 amide bonds. The lowest BCUT2D eigenvalue weighted by Gasteiger charge is -2.22. The lowest BCUT2D eigenvalue weighted by atomic mass is 10.1. The summed E-state index contributed by atoms with van der Waals surface area (Å²) in [5.41, 5.74) is 0. The Labute approximate surface area is 100 Å². The van der Waals surface area contributed by atoms with Gasteiger partial charge in [-0.15, -0.1) is 0 Å². The molecule has 5 heteroatoms. The molecule has 0 aromatic carbocycles. The van der Waals surface area contributed by atoms with Crippen LogP contribution in [-0.2, 0) is 4.74 Å². The number of aromatic nitrogens is 2. The number of hydrogen-bond donors (Lipinski definition) is 1. The molecule has 1 N–H and O–H groups in total. The van der Waals surface area contributed by atoms with E-state index in [1.807, 2.05) is 6.07 Å². The Morgan fingerprint density at radius 3 is 2.81 bits per heavy atom. The molecule has 1 aromatic rings. The number of nitrogens with one attached hydrogen (secondary N) is 1. The van der Waals surface area contributed by atoms with Crippen molar-refractivity contribution in [3.05, 3.63) is 18.5 Å². The molecule has 1 saturated heterocycles. The third-order valence-electron chi connectivity index (χ3n) is 2.53. The second kappa shape index (κ2) is 6.83. The van der Waals surface area contributed by atoms with E-state index in [-0.39, 0.29) is 0 Å². The van der Waals surface area contributed by atoms with Gasteiger partial charge >= 0.3 is 0 Å². The van der Waals surface area contributed by atoms with Gasteiger partial charge < -0.3 is 10.1 Å². The van der Waals surface area contributed by atoms with Gasteiger partial charge in [-0.3, -0.25) is 0 Å². The van der Waals surface area contributed by atoms with E-state index in [1.165, 1.54) is 0 Å². The molecule has 16 heavy (non-hydrogen) atoms. The maximum atomic E-state index is 5.31. The van der Waals surface area contributed by atoms with Crippen molar-refractivity contribution in [2.24, 2.45) is 0 Å². The number of ether oxygens (including phenoxy) is 1. The Kier molecular flexibility index (Phi) is 5.05. The molecular formula is C11H17N3OS. The van der Waals surface area contributed by atoms with Gasteiger partial charge in [0.2, 0.25) is 0 Å². The molecule has 0 unspecified atom stereocenters. The largest absolute Gasteiger partial charge is 0.381 e. The van der Waals surface area contributed by atoms with Crippen LogP contribution in [0.4, 0.5) is 0 Å². The van der Waals surface area contributed by atoms with E-state index >= 15 is 0 Å². The van der Waals surface area contributed by atoms with Gasteiger partial charge in [-0.25, -0.2) is 9.97 Å². The molecule has 1 aliphatic heterocycles. The standard InChI is InChI=1S/C11H17N3OS/c1-4-13-11(14-5-1)16-9-6-12-10-2-7-15-8-3-10/h1,4-5,10,12H,2-3,6-9H2. The van der Waals surface area contributed by atoms with E-state index in [1.54, 1.807) is 24.2 Å². The molecule has 1 aliphatic rings. The molecule has 0 aliphatic carbocycles. The van der Waals surface area contributed by atoms with Gasteiger partial charge in [-0.05, 0) is 18.9 Å². The predicted octanol–water partition coefficient (Wildman–Crippen LogP) is 1.34. The van der Waals surface area contributed by atoms with Crippen molar-refractivity contribution in [1.82, 2.24) is 15.3 Å². The van der Waals surface area contributed by atoms with Crippen molar-refractivity contribution in [2.75, 3.05) is 25.5 Å². The summed E-state index contributed by atoms with van der Waals surface area (Å²) < 4.78 is 5.31.